The number of halogens is 1. The van der Waals surface area contributed by atoms with E-state index in [9.17, 15) is 0 Å². The summed E-state index contributed by atoms with van der Waals surface area (Å²) in [4.78, 5) is 13.0. The lowest BCUT2D eigenvalue weighted by molar-refractivity contribution is 0.468. The van der Waals surface area contributed by atoms with Gasteiger partial charge in [0, 0.05) is 42.4 Å². The predicted molar refractivity (Wildman–Crippen MR) is 127 cm³/mol. The van der Waals surface area contributed by atoms with Crippen LogP contribution in [0.2, 0.25) is 0 Å². The van der Waals surface area contributed by atoms with Crippen molar-refractivity contribution in [1.29, 1.82) is 0 Å². The molecular weight excluding hydrogens is 469 g/mol. The molecule has 1 aromatic carbocycles. The van der Waals surface area contributed by atoms with Gasteiger partial charge >= 0.3 is 0 Å². The van der Waals surface area contributed by atoms with Gasteiger partial charge in [-0.05, 0) is 38.3 Å². The van der Waals surface area contributed by atoms with Crippen molar-refractivity contribution in [3.63, 3.8) is 0 Å². The first-order valence-electron chi connectivity index (χ1n) is 9.57. The average Bonchev–Trinajstić information content (AvgIpc) is 3.15. The molecule has 2 heterocycles. The topological polar surface area (TPSA) is 52.6 Å². The molecule has 2 N–H and O–H groups in total. The minimum atomic E-state index is 0. The van der Waals surface area contributed by atoms with Gasteiger partial charge in [0.25, 0.3) is 0 Å². The van der Waals surface area contributed by atoms with Crippen LogP contribution in [0, 0.1) is 0 Å². The second-order valence-corrected chi connectivity index (χ2v) is 7.73. The molecule has 1 atom stereocenters. The summed E-state index contributed by atoms with van der Waals surface area (Å²) in [7, 11) is 0. The van der Waals surface area contributed by atoms with Crippen LogP contribution in [0.25, 0.3) is 0 Å². The Kier molecular flexibility index (Phi) is 9.33. The van der Waals surface area contributed by atoms with Crippen molar-refractivity contribution in [3.8, 4) is 0 Å². The van der Waals surface area contributed by atoms with Crippen LogP contribution in [0.4, 0.5) is 5.69 Å². The molecule has 0 radical (unpaired) electrons. The first-order valence-corrected chi connectivity index (χ1v) is 10.4. The number of hydrogen-bond donors (Lipinski definition) is 2. The van der Waals surface area contributed by atoms with Crippen LogP contribution in [0.1, 0.15) is 36.6 Å². The summed E-state index contributed by atoms with van der Waals surface area (Å²) in [6, 6.07) is 11.1. The zero-order valence-corrected chi connectivity index (χ0v) is 19.3. The number of nitrogens with zero attached hydrogens (tertiary/aromatic N) is 3. The van der Waals surface area contributed by atoms with Crippen molar-refractivity contribution in [2.75, 3.05) is 24.5 Å². The first-order chi connectivity index (χ1) is 12.8. The molecule has 27 heavy (non-hydrogen) atoms. The smallest absolute Gasteiger partial charge is 0.191 e. The molecule has 1 saturated heterocycles. The highest BCUT2D eigenvalue weighted by Crippen LogP contribution is 2.19. The number of para-hydroxylation sites is 1. The van der Waals surface area contributed by atoms with Gasteiger partial charge in [-0.2, -0.15) is 0 Å². The third kappa shape index (κ3) is 6.64. The van der Waals surface area contributed by atoms with Gasteiger partial charge < -0.3 is 15.5 Å². The fourth-order valence-electron chi connectivity index (χ4n) is 3.21. The minimum Gasteiger partial charge on any atom is -0.369 e. The Labute approximate surface area is 183 Å². The number of piperidine rings is 1. The van der Waals surface area contributed by atoms with Crippen LogP contribution in [-0.2, 0) is 13.0 Å². The van der Waals surface area contributed by atoms with E-state index >= 15 is 0 Å². The molecule has 5 nitrogen and oxygen atoms in total. The van der Waals surface area contributed by atoms with E-state index in [4.69, 9.17) is 4.99 Å². The summed E-state index contributed by atoms with van der Waals surface area (Å²) in [5, 5.41) is 8.07. The lowest BCUT2D eigenvalue weighted by Crippen LogP contribution is -2.51. The van der Waals surface area contributed by atoms with Crippen molar-refractivity contribution in [2.24, 2.45) is 4.99 Å². The van der Waals surface area contributed by atoms with Crippen LogP contribution in [0.5, 0.6) is 0 Å². The van der Waals surface area contributed by atoms with E-state index in [0.29, 0.717) is 12.6 Å². The molecule has 7 heteroatoms. The standard InChI is InChI=1S/C20H29N5S.HI/c1-3-18-13-22-19(26-18)14-23-20(21-4-2)24-16-9-8-12-25(15-16)17-10-6-5-7-11-17;/h5-7,10-11,13,16H,3-4,8-9,12,14-15H2,1-2H3,(H2,21,23,24);1H. The van der Waals surface area contributed by atoms with E-state index in [1.165, 1.54) is 23.4 Å². The summed E-state index contributed by atoms with van der Waals surface area (Å²) >= 11 is 1.75. The number of aliphatic imine (C=N–C) groups is 1. The van der Waals surface area contributed by atoms with E-state index in [1.807, 2.05) is 6.20 Å². The van der Waals surface area contributed by atoms with Crippen LogP contribution in [0.3, 0.4) is 0 Å². The summed E-state index contributed by atoms with van der Waals surface area (Å²) in [5.41, 5.74) is 1.30. The van der Waals surface area contributed by atoms with E-state index in [1.54, 1.807) is 11.3 Å². The zero-order valence-electron chi connectivity index (χ0n) is 16.1. The minimum absolute atomic E-state index is 0. The van der Waals surface area contributed by atoms with Crippen LogP contribution in [0.15, 0.2) is 41.5 Å². The summed E-state index contributed by atoms with van der Waals surface area (Å²) in [6.07, 6.45) is 5.37. The number of anilines is 1. The van der Waals surface area contributed by atoms with Crippen molar-refractivity contribution in [1.82, 2.24) is 15.6 Å². The Morgan fingerprint density at radius 3 is 2.81 bits per heavy atom. The number of hydrogen-bond acceptors (Lipinski definition) is 4. The molecule has 1 fully saturated rings. The van der Waals surface area contributed by atoms with Gasteiger partial charge in [0.1, 0.15) is 5.01 Å². The highest BCUT2D eigenvalue weighted by Gasteiger charge is 2.20. The zero-order chi connectivity index (χ0) is 18.2. The Morgan fingerprint density at radius 2 is 2.11 bits per heavy atom. The SMILES string of the molecule is CCNC(=NCc1ncc(CC)s1)NC1CCCN(c2ccccc2)C1.I. The van der Waals surface area contributed by atoms with Crippen LogP contribution < -0.4 is 15.5 Å². The summed E-state index contributed by atoms with van der Waals surface area (Å²) < 4.78 is 0. The quantitative estimate of drug-likeness (QED) is 0.358. The van der Waals surface area contributed by atoms with Gasteiger partial charge in [-0.3, -0.25) is 0 Å². The van der Waals surface area contributed by atoms with Gasteiger partial charge in [0.15, 0.2) is 5.96 Å². The molecule has 1 aliphatic heterocycles. The third-order valence-corrected chi connectivity index (χ3v) is 5.68. The van der Waals surface area contributed by atoms with Gasteiger partial charge in [0.2, 0.25) is 0 Å². The maximum absolute atomic E-state index is 4.75. The largest absolute Gasteiger partial charge is 0.369 e. The third-order valence-electron chi connectivity index (χ3n) is 4.55. The fraction of sp³-hybridized carbons (Fsp3) is 0.500. The molecule has 1 aromatic heterocycles. The van der Waals surface area contributed by atoms with E-state index < -0.39 is 0 Å². The lowest BCUT2D eigenvalue weighted by atomic mass is 10.1. The van der Waals surface area contributed by atoms with Gasteiger partial charge in [0.05, 0.1) is 6.54 Å². The molecule has 148 valence electrons. The molecule has 1 aliphatic rings. The molecule has 0 amide bonds. The highest BCUT2D eigenvalue weighted by atomic mass is 127. The Hall–Kier alpha value is -1.35. The van der Waals surface area contributed by atoms with Crippen molar-refractivity contribution in [3.05, 3.63) is 46.4 Å². The number of rotatable bonds is 6. The maximum Gasteiger partial charge on any atom is 0.191 e. The van der Waals surface area contributed by atoms with E-state index in [0.717, 1.165) is 37.0 Å². The number of nitrogens with one attached hydrogen (secondary N) is 2. The van der Waals surface area contributed by atoms with Gasteiger partial charge in [-0.25, -0.2) is 9.98 Å². The average molecular weight is 499 g/mol. The highest BCUT2D eigenvalue weighted by molar-refractivity contribution is 14.0. The number of aryl methyl sites for hydroxylation is 1. The van der Waals surface area contributed by atoms with E-state index in [2.05, 4.69) is 64.7 Å². The van der Waals surface area contributed by atoms with Gasteiger partial charge in [-0.1, -0.05) is 25.1 Å². The molecule has 3 rings (SSSR count). The molecule has 1 unspecified atom stereocenters. The molecule has 0 bridgehead atoms. The second-order valence-electron chi connectivity index (χ2n) is 6.53. The fourth-order valence-corrected chi connectivity index (χ4v) is 4.00. The predicted octanol–water partition coefficient (Wildman–Crippen LogP) is 4.05. The van der Waals surface area contributed by atoms with Crippen LogP contribution in [-0.4, -0.2) is 36.6 Å². The molecular formula is C20H30IN5S. The summed E-state index contributed by atoms with van der Waals surface area (Å²) in [6.45, 7) is 7.88. The number of guanidine groups is 1. The van der Waals surface area contributed by atoms with Crippen molar-refractivity contribution < 1.29 is 0 Å². The Morgan fingerprint density at radius 1 is 1.30 bits per heavy atom. The molecule has 0 saturated carbocycles. The summed E-state index contributed by atoms with van der Waals surface area (Å²) in [5.74, 6) is 0.890. The molecule has 2 aromatic rings. The first kappa shape index (κ1) is 21.9. The van der Waals surface area contributed by atoms with Crippen LogP contribution >= 0.6 is 35.3 Å². The Balaban J connectivity index is 0.00000261. The normalized spacial score (nSPS) is 17.3. The second kappa shape index (κ2) is 11.5. The number of aromatic nitrogens is 1. The maximum atomic E-state index is 4.75. The van der Waals surface area contributed by atoms with Crippen molar-refractivity contribution in [2.45, 2.75) is 45.7 Å². The number of benzene rings is 1. The molecule has 0 spiro atoms. The van der Waals surface area contributed by atoms with Crippen molar-refractivity contribution >= 4 is 47.0 Å². The lowest BCUT2D eigenvalue weighted by Gasteiger charge is -2.35. The van der Waals surface area contributed by atoms with Gasteiger partial charge in [-0.15, -0.1) is 35.3 Å². The van der Waals surface area contributed by atoms with E-state index in [-0.39, 0.29) is 24.0 Å². The number of thiazole rings is 1. The monoisotopic (exact) mass is 499 g/mol. The molecule has 0 aliphatic carbocycles. The Bertz CT molecular complexity index is 703.